The molecule has 178 valence electrons. The second kappa shape index (κ2) is 9.20. The van der Waals surface area contributed by atoms with Crippen molar-refractivity contribution in [1.29, 1.82) is 0 Å². The predicted octanol–water partition coefficient (Wildman–Crippen LogP) is 4.45. The van der Waals surface area contributed by atoms with Crippen LogP contribution in [0.1, 0.15) is 46.4 Å². The first kappa shape index (κ1) is 23.3. The number of para-hydroxylation sites is 1. The van der Waals surface area contributed by atoms with Gasteiger partial charge in [-0.05, 0) is 39.0 Å². The molecule has 4 rings (SSSR count). The van der Waals surface area contributed by atoms with Crippen molar-refractivity contribution in [1.82, 2.24) is 29.3 Å². The number of methoxy groups -OCH3 is 1. The Morgan fingerprint density at radius 2 is 1.97 bits per heavy atom. The Labute approximate surface area is 195 Å². The molecule has 0 fully saturated rings. The van der Waals surface area contributed by atoms with Gasteiger partial charge in [0.25, 0.3) is 12.3 Å². The summed E-state index contributed by atoms with van der Waals surface area (Å²) in [6, 6.07) is 8.27. The van der Waals surface area contributed by atoms with E-state index in [1.54, 1.807) is 31.3 Å². The predicted molar refractivity (Wildman–Crippen MR) is 123 cm³/mol. The van der Waals surface area contributed by atoms with Gasteiger partial charge in [0.2, 0.25) is 0 Å². The summed E-state index contributed by atoms with van der Waals surface area (Å²) in [7, 11) is 3.16. The van der Waals surface area contributed by atoms with E-state index in [9.17, 15) is 13.6 Å². The Bertz CT molecular complexity index is 1360. The molecule has 0 N–H and O–H groups in total. The number of fused-ring (bicyclic) bond motifs is 1. The fourth-order valence-corrected chi connectivity index (χ4v) is 4.07. The van der Waals surface area contributed by atoms with Crippen molar-refractivity contribution in [3.63, 3.8) is 0 Å². The highest BCUT2D eigenvalue weighted by Gasteiger charge is 2.25. The number of alkyl halides is 2. The molecule has 3 heterocycles. The maximum atomic E-state index is 13.9. The molecule has 10 heteroatoms. The minimum Gasteiger partial charge on any atom is -0.496 e. The lowest BCUT2D eigenvalue weighted by molar-refractivity contribution is 0.0786. The molecule has 3 aromatic heterocycles. The summed E-state index contributed by atoms with van der Waals surface area (Å²) in [5.74, 6) is 0.117. The van der Waals surface area contributed by atoms with Crippen molar-refractivity contribution < 1.29 is 18.3 Å². The maximum absolute atomic E-state index is 13.9. The van der Waals surface area contributed by atoms with Crippen LogP contribution < -0.4 is 4.74 Å². The number of hydrogen-bond acceptors (Lipinski definition) is 5. The molecular formula is C24H26F2N6O2. The van der Waals surface area contributed by atoms with Gasteiger partial charge in [-0.25, -0.2) is 18.3 Å². The van der Waals surface area contributed by atoms with E-state index in [0.717, 1.165) is 28.0 Å². The average molecular weight is 469 g/mol. The fraction of sp³-hybridized carbons (Fsp3) is 0.333. The van der Waals surface area contributed by atoms with Crippen LogP contribution in [-0.2, 0) is 13.1 Å². The summed E-state index contributed by atoms with van der Waals surface area (Å²) in [5.41, 5.74) is 3.43. The number of nitrogens with zero attached hydrogens (tertiary/aromatic N) is 6. The first-order valence-electron chi connectivity index (χ1n) is 10.8. The molecule has 0 saturated heterocycles. The van der Waals surface area contributed by atoms with Gasteiger partial charge < -0.3 is 9.64 Å². The number of rotatable bonds is 7. The number of halogens is 2. The van der Waals surface area contributed by atoms with Crippen molar-refractivity contribution >= 4 is 11.6 Å². The Morgan fingerprint density at radius 3 is 2.62 bits per heavy atom. The molecule has 0 aliphatic heterocycles. The molecule has 0 unspecified atom stereocenters. The highest BCUT2D eigenvalue weighted by molar-refractivity contribution is 5.99. The fourth-order valence-electron chi connectivity index (χ4n) is 4.07. The van der Waals surface area contributed by atoms with Crippen LogP contribution >= 0.6 is 0 Å². The quantitative estimate of drug-likeness (QED) is 0.401. The standard InChI is InChI=1S/C24H26F2N6O2/c1-6-31-15(3)18(14(2)29-31)13-30(4)24(33)17-12-27-32-20(22(25)26)11-19(28-23(17)32)16-9-7-8-10-21(16)34-5/h7-12,22H,6,13H2,1-5H3. The molecule has 4 aromatic rings. The monoisotopic (exact) mass is 468 g/mol. The van der Waals surface area contributed by atoms with Gasteiger partial charge >= 0.3 is 0 Å². The molecule has 1 amide bonds. The number of carbonyl (C=O) groups is 1. The summed E-state index contributed by atoms with van der Waals surface area (Å²) in [6.45, 7) is 6.91. The molecule has 0 radical (unpaired) electrons. The molecule has 8 nitrogen and oxygen atoms in total. The van der Waals surface area contributed by atoms with Crippen LogP contribution in [0.5, 0.6) is 5.75 Å². The minimum atomic E-state index is -2.82. The summed E-state index contributed by atoms with van der Waals surface area (Å²) in [4.78, 5) is 19.4. The summed E-state index contributed by atoms with van der Waals surface area (Å²) in [5, 5.41) is 8.56. The van der Waals surface area contributed by atoms with E-state index >= 15 is 0 Å². The van der Waals surface area contributed by atoms with Crippen LogP contribution in [0, 0.1) is 13.8 Å². The highest BCUT2D eigenvalue weighted by Crippen LogP contribution is 2.32. The van der Waals surface area contributed by atoms with Crippen molar-refractivity contribution in [2.45, 2.75) is 40.3 Å². The van der Waals surface area contributed by atoms with E-state index in [1.165, 1.54) is 24.3 Å². The number of aryl methyl sites for hydroxylation is 2. The summed E-state index contributed by atoms with van der Waals surface area (Å²) >= 11 is 0. The average Bonchev–Trinajstić information content (AvgIpc) is 3.38. The van der Waals surface area contributed by atoms with Gasteiger partial charge in [-0.2, -0.15) is 10.2 Å². The van der Waals surface area contributed by atoms with Crippen LogP contribution in [-0.4, -0.2) is 49.3 Å². The van der Waals surface area contributed by atoms with Gasteiger partial charge in [-0.15, -0.1) is 0 Å². The van der Waals surface area contributed by atoms with E-state index in [2.05, 4.69) is 15.2 Å². The highest BCUT2D eigenvalue weighted by atomic mass is 19.3. The summed E-state index contributed by atoms with van der Waals surface area (Å²) < 4.78 is 36.1. The zero-order valence-corrected chi connectivity index (χ0v) is 19.7. The molecule has 0 saturated carbocycles. The van der Waals surface area contributed by atoms with E-state index in [0.29, 0.717) is 17.9 Å². The van der Waals surface area contributed by atoms with Gasteiger partial charge in [-0.3, -0.25) is 9.48 Å². The summed E-state index contributed by atoms with van der Waals surface area (Å²) in [6.07, 6.45) is -1.53. The number of ether oxygens (including phenoxy) is 1. The van der Waals surface area contributed by atoms with Gasteiger partial charge in [0, 0.05) is 37.0 Å². The first-order chi connectivity index (χ1) is 16.3. The molecule has 1 aromatic carbocycles. The molecule has 34 heavy (non-hydrogen) atoms. The SMILES string of the molecule is CCn1nc(C)c(CN(C)C(=O)c2cnn3c(C(F)F)cc(-c4ccccc4OC)nc23)c1C. The normalized spacial score (nSPS) is 11.4. The lowest BCUT2D eigenvalue weighted by Crippen LogP contribution is -2.27. The first-order valence-corrected chi connectivity index (χ1v) is 10.8. The third-order valence-corrected chi connectivity index (χ3v) is 5.91. The van der Waals surface area contributed by atoms with Crippen LogP contribution in [0.2, 0.25) is 0 Å². The van der Waals surface area contributed by atoms with Crippen LogP contribution in [0.3, 0.4) is 0 Å². The number of benzene rings is 1. The lowest BCUT2D eigenvalue weighted by Gasteiger charge is -2.17. The number of amides is 1. The topological polar surface area (TPSA) is 77.6 Å². The van der Waals surface area contributed by atoms with E-state index in [1.807, 2.05) is 25.5 Å². The van der Waals surface area contributed by atoms with Crippen molar-refractivity contribution in [3.8, 4) is 17.0 Å². The molecule has 0 spiro atoms. The van der Waals surface area contributed by atoms with E-state index < -0.39 is 6.43 Å². The Morgan fingerprint density at radius 1 is 1.24 bits per heavy atom. The molecule has 0 aliphatic rings. The van der Waals surface area contributed by atoms with E-state index in [4.69, 9.17) is 4.74 Å². The zero-order valence-electron chi connectivity index (χ0n) is 19.7. The third-order valence-electron chi connectivity index (χ3n) is 5.91. The van der Waals surface area contributed by atoms with Crippen LogP contribution in [0.25, 0.3) is 16.9 Å². The number of aromatic nitrogens is 5. The van der Waals surface area contributed by atoms with Gasteiger partial charge in [0.1, 0.15) is 17.0 Å². The van der Waals surface area contributed by atoms with Crippen LogP contribution in [0.15, 0.2) is 36.5 Å². The molecule has 0 atom stereocenters. The Balaban J connectivity index is 1.78. The van der Waals surface area contributed by atoms with Gasteiger partial charge in [-0.1, -0.05) is 12.1 Å². The maximum Gasteiger partial charge on any atom is 0.280 e. The number of hydrogen-bond donors (Lipinski definition) is 0. The Hall–Kier alpha value is -3.82. The molecule has 0 aliphatic carbocycles. The number of carbonyl (C=O) groups excluding carboxylic acids is 1. The third kappa shape index (κ3) is 4.00. The minimum absolute atomic E-state index is 0.0632. The largest absolute Gasteiger partial charge is 0.496 e. The molecular weight excluding hydrogens is 442 g/mol. The smallest absolute Gasteiger partial charge is 0.280 e. The zero-order chi connectivity index (χ0) is 24.6. The van der Waals surface area contributed by atoms with Crippen molar-refractivity contribution in [2.75, 3.05) is 14.2 Å². The van der Waals surface area contributed by atoms with E-state index in [-0.39, 0.29) is 28.5 Å². The second-order valence-electron chi connectivity index (χ2n) is 7.99. The molecule has 0 bridgehead atoms. The van der Waals surface area contributed by atoms with Crippen molar-refractivity contribution in [3.05, 3.63) is 64.7 Å². The lowest BCUT2D eigenvalue weighted by atomic mass is 10.1. The van der Waals surface area contributed by atoms with Crippen molar-refractivity contribution in [2.24, 2.45) is 0 Å². The Kier molecular flexibility index (Phi) is 6.32. The second-order valence-corrected chi connectivity index (χ2v) is 7.99. The van der Waals surface area contributed by atoms with Crippen LogP contribution in [0.4, 0.5) is 8.78 Å². The van der Waals surface area contributed by atoms with Gasteiger partial charge in [0.15, 0.2) is 5.65 Å². The van der Waals surface area contributed by atoms with Gasteiger partial charge in [0.05, 0.1) is 24.7 Å².